The van der Waals surface area contributed by atoms with Crippen LogP contribution in [0.2, 0.25) is 0 Å². The highest BCUT2D eigenvalue weighted by atomic mass is 16.6. The second-order valence-corrected chi connectivity index (χ2v) is 5.31. The SMILES string of the molecule is O=CCC1CCN(C(=O)OCc2ccc([N+](=O)[O-])cc2)CC1. The first-order valence-corrected chi connectivity index (χ1v) is 7.19. The van der Waals surface area contributed by atoms with Crippen LogP contribution in [0.15, 0.2) is 24.3 Å². The fourth-order valence-electron chi connectivity index (χ4n) is 2.44. The van der Waals surface area contributed by atoms with Crippen molar-refractivity contribution in [1.82, 2.24) is 4.90 Å². The van der Waals surface area contributed by atoms with Gasteiger partial charge in [0.2, 0.25) is 0 Å². The highest BCUT2D eigenvalue weighted by Gasteiger charge is 2.23. The number of likely N-dealkylation sites (tertiary alicyclic amines) is 1. The molecule has 1 aromatic carbocycles. The summed E-state index contributed by atoms with van der Waals surface area (Å²) >= 11 is 0. The lowest BCUT2D eigenvalue weighted by molar-refractivity contribution is -0.384. The molecule has 0 atom stereocenters. The van der Waals surface area contributed by atoms with Gasteiger partial charge >= 0.3 is 6.09 Å². The number of benzene rings is 1. The average molecular weight is 306 g/mol. The van der Waals surface area contributed by atoms with Gasteiger partial charge < -0.3 is 14.4 Å². The molecule has 1 fully saturated rings. The third kappa shape index (κ3) is 4.28. The molecule has 1 heterocycles. The maximum atomic E-state index is 11.9. The van der Waals surface area contributed by atoms with Gasteiger partial charge in [-0.15, -0.1) is 0 Å². The van der Waals surface area contributed by atoms with E-state index in [1.807, 2.05) is 0 Å². The first-order valence-electron chi connectivity index (χ1n) is 7.19. The minimum Gasteiger partial charge on any atom is -0.445 e. The van der Waals surface area contributed by atoms with Crippen molar-refractivity contribution in [2.45, 2.75) is 25.9 Å². The molecular weight excluding hydrogens is 288 g/mol. The van der Waals surface area contributed by atoms with Crippen LogP contribution < -0.4 is 0 Å². The summed E-state index contributed by atoms with van der Waals surface area (Å²) in [5.41, 5.74) is 0.710. The Hall–Kier alpha value is -2.44. The van der Waals surface area contributed by atoms with Crippen LogP contribution in [-0.4, -0.2) is 35.3 Å². The number of nitro benzene ring substituents is 1. The maximum absolute atomic E-state index is 11.9. The normalized spacial score (nSPS) is 15.4. The van der Waals surface area contributed by atoms with Crippen molar-refractivity contribution in [3.8, 4) is 0 Å². The van der Waals surface area contributed by atoms with E-state index in [0.717, 1.165) is 19.1 Å². The standard InChI is InChI=1S/C15H18N2O5/c18-10-7-12-5-8-16(9-6-12)15(19)22-11-13-1-3-14(4-2-13)17(20)21/h1-4,10,12H,5-9,11H2. The summed E-state index contributed by atoms with van der Waals surface area (Å²) in [6.45, 7) is 1.28. The molecule has 0 aromatic heterocycles. The molecule has 1 aliphatic heterocycles. The highest BCUT2D eigenvalue weighted by Crippen LogP contribution is 2.20. The lowest BCUT2D eigenvalue weighted by Crippen LogP contribution is -2.38. The predicted molar refractivity (Wildman–Crippen MR) is 78.3 cm³/mol. The number of amides is 1. The smallest absolute Gasteiger partial charge is 0.410 e. The fraction of sp³-hybridized carbons (Fsp3) is 0.467. The minimum absolute atomic E-state index is 0.00678. The molecule has 0 saturated carbocycles. The van der Waals surface area contributed by atoms with E-state index in [2.05, 4.69) is 0 Å². The summed E-state index contributed by atoms with van der Waals surface area (Å²) in [6, 6.07) is 5.91. The number of aldehydes is 1. The van der Waals surface area contributed by atoms with Gasteiger partial charge in [-0.2, -0.15) is 0 Å². The van der Waals surface area contributed by atoms with Gasteiger partial charge in [0.15, 0.2) is 0 Å². The van der Waals surface area contributed by atoms with Gasteiger partial charge in [0.05, 0.1) is 4.92 Å². The number of hydrogen-bond acceptors (Lipinski definition) is 5. The Morgan fingerprint density at radius 2 is 1.95 bits per heavy atom. The molecule has 1 aliphatic rings. The highest BCUT2D eigenvalue weighted by molar-refractivity contribution is 5.67. The number of piperidine rings is 1. The molecule has 0 radical (unpaired) electrons. The molecule has 22 heavy (non-hydrogen) atoms. The molecule has 0 aliphatic carbocycles. The summed E-state index contributed by atoms with van der Waals surface area (Å²) in [4.78, 5) is 34.1. The van der Waals surface area contributed by atoms with Crippen molar-refractivity contribution in [2.24, 2.45) is 5.92 Å². The Bertz CT molecular complexity index is 535. The maximum Gasteiger partial charge on any atom is 0.410 e. The fourth-order valence-corrected chi connectivity index (χ4v) is 2.44. The predicted octanol–water partition coefficient (Wildman–Crippen LogP) is 2.53. The molecule has 118 valence electrons. The number of rotatable bonds is 5. The third-order valence-corrected chi connectivity index (χ3v) is 3.81. The molecule has 2 rings (SSSR count). The quantitative estimate of drug-likeness (QED) is 0.473. The largest absolute Gasteiger partial charge is 0.445 e. The Morgan fingerprint density at radius 1 is 1.32 bits per heavy atom. The van der Waals surface area contributed by atoms with E-state index in [1.54, 1.807) is 17.0 Å². The van der Waals surface area contributed by atoms with Gasteiger partial charge in [-0.3, -0.25) is 10.1 Å². The van der Waals surface area contributed by atoms with Crippen LogP contribution in [0.3, 0.4) is 0 Å². The summed E-state index contributed by atoms with van der Waals surface area (Å²) < 4.78 is 5.21. The first kappa shape index (κ1) is 15.9. The number of hydrogen-bond donors (Lipinski definition) is 0. The van der Waals surface area contributed by atoms with E-state index in [9.17, 15) is 19.7 Å². The molecule has 1 amide bonds. The Morgan fingerprint density at radius 3 is 2.50 bits per heavy atom. The number of nitro groups is 1. The van der Waals surface area contributed by atoms with Crippen LogP contribution in [0.1, 0.15) is 24.8 Å². The van der Waals surface area contributed by atoms with E-state index < -0.39 is 4.92 Å². The van der Waals surface area contributed by atoms with Crippen molar-refractivity contribution in [1.29, 1.82) is 0 Å². The van der Waals surface area contributed by atoms with Crippen molar-refractivity contribution in [2.75, 3.05) is 13.1 Å². The molecular formula is C15H18N2O5. The van der Waals surface area contributed by atoms with Gasteiger partial charge in [-0.05, 0) is 36.5 Å². The van der Waals surface area contributed by atoms with Crippen molar-refractivity contribution >= 4 is 18.1 Å². The molecule has 7 nitrogen and oxygen atoms in total. The second kappa shape index (κ2) is 7.53. The number of ether oxygens (including phenoxy) is 1. The van der Waals surface area contributed by atoms with Gasteiger partial charge in [0, 0.05) is 31.6 Å². The Kier molecular flexibility index (Phi) is 5.46. The number of carbonyl (C=O) groups excluding carboxylic acids is 2. The summed E-state index contributed by atoms with van der Waals surface area (Å²) in [7, 11) is 0. The molecule has 0 bridgehead atoms. The van der Waals surface area contributed by atoms with E-state index in [1.165, 1.54) is 12.1 Å². The summed E-state index contributed by atoms with van der Waals surface area (Å²) in [5.74, 6) is 0.358. The van der Waals surface area contributed by atoms with Crippen LogP contribution in [-0.2, 0) is 16.1 Å². The lowest BCUT2D eigenvalue weighted by Gasteiger charge is -2.30. The molecule has 1 saturated heterocycles. The zero-order chi connectivity index (χ0) is 15.9. The van der Waals surface area contributed by atoms with Crippen LogP contribution in [0.4, 0.5) is 10.5 Å². The van der Waals surface area contributed by atoms with Crippen molar-refractivity contribution in [3.63, 3.8) is 0 Å². The molecule has 0 unspecified atom stereocenters. The minimum atomic E-state index is -0.473. The average Bonchev–Trinajstić information content (AvgIpc) is 2.54. The van der Waals surface area contributed by atoms with Crippen LogP contribution in [0, 0.1) is 16.0 Å². The summed E-state index contributed by atoms with van der Waals surface area (Å²) in [6.07, 6.45) is 2.71. The number of carbonyl (C=O) groups is 2. The van der Waals surface area contributed by atoms with Gasteiger partial charge in [0.25, 0.3) is 5.69 Å². The third-order valence-electron chi connectivity index (χ3n) is 3.81. The van der Waals surface area contributed by atoms with E-state index >= 15 is 0 Å². The van der Waals surface area contributed by atoms with E-state index in [4.69, 9.17) is 4.74 Å². The zero-order valence-corrected chi connectivity index (χ0v) is 12.1. The molecule has 7 heteroatoms. The van der Waals surface area contributed by atoms with Gasteiger partial charge in [0.1, 0.15) is 12.9 Å². The Balaban J connectivity index is 1.78. The van der Waals surface area contributed by atoms with Crippen LogP contribution in [0.5, 0.6) is 0 Å². The van der Waals surface area contributed by atoms with Crippen molar-refractivity contribution in [3.05, 3.63) is 39.9 Å². The number of non-ortho nitro benzene ring substituents is 1. The lowest BCUT2D eigenvalue weighted by atomic mass is 9.94. The van der Waals surface area contributed by atoms with E-state index in [0.29, 0.717) is 31.0 Å². The monoisotopic (exact) mass is 306 g/mol. The molecule has 1 aromatic rings. The first-order chi connectivity index (χ1) is 10.6. The van der Waals surface area contributed by atoms with Gasteiger partial charge in [-0.25, -0.2) is 4.79 Å². The zero-order valence-electron chi connectivity index (χ0n) is 12.1. The molecule has 0 spiro atoms. The number of nitrogens with zero attached hydrogens (tertiary/aromatic N) is 2. The molecule has 0 N–H and O–H groups in total. The second-order valence-electron chi connectivity index (χ2n) is 5.31. The van der Waals surface area contributed by atoms with E-state index in [-0.39, 0.29) is 18.4 Å². The van der Waals surface area contributed by atoms with Crippen LogP contribution in [0.25, 0.3) is 0 Å². The van der Waals surface area contributed by atoms with Crippen LogP contribution >= 0.6 is 0 Å². The summed E-state index contributed by atoms with van der Waals surface area (Å²) in [5, 5.41) is 10.5. The van der Waals surface area contributed by atoms with Crippen molar-refractivity contribution < 1.29 is 19.2 Å². The van der Waals surface area contributed by atoms with Gasteiger partial charge in [-0.1, -0.05) is 0 Å². The topological polar surface area (TPSA) is 89.8 Å². The Labute approximate surface area is 128 Å².